The van der Waals surface area contributed by atoms with Gasteiger partial charge in [0.05, 0.1) is 11.4 Å². The molecule has 108 valence electrons. The van der Waals surface area contributed by atoms with E-state index in [0.717, 1.165) is 17.7 Å². The van der Waals surface area contributed by atoms with Crippen molar-refractivity contribution in [2.75, 3.05) is 12.3 Å². The van der Waals surface area contributed by atoms with Crippen LogP contribution in [0.2, 0.25) is 0 Å². The van der Waals surface area contributed by atoms with Gasteiger partial charge in [0, 0.05) is 37.9 Å². The summed E-state index contributed by atoms with van der Waals surface area (Å²) in [5.74, 6) is 0.130. The SMILES string of the molecule is CCc1nn(C)cc1CNS(=O)(=O)CCNC1CC1. The highest BCUT2D eigenvalue weighted by atomic mass is 32.2. The molecule has 0 radical (unpaired) electrons. The normalized spacial score (nSPS) is 15.9. The van der Waals surface area contributed by atoms with Gasteiger partial charge in [-0.1, -0.05) is 6.92 Å². The first kappa shape index (κ1) is 14.5. The number of nitrogens with zero attached hydrogens (tertiary/aromatic N) is 2. The molecule has 19 heavy (non-hydrogen) atoms. The summed E-state index contributed by atoms with van der Waals surface area (Å²) in [4.78, 5) is 0. The Labute approximate surface area is 114 Å². The molecule has 1 aliphatic carbocycles. The predicted molar refractivity (Wildman–Crippen MR) is 74.2 cm³/mol. The summed E-state index contributed by atoms with van der Waals surface area (Å²) in [6, 6.07) is 0.542. The number of aromatic nitrogens is 2. The summed E-state index contributed by atoms with van der Waals surface area (Å²) in [6.07, 6.45) is 5.01. The maximum absolute atomic E-state index is 11.8. The molecule has 1 fully saturated rings. The predicted octanol–water partition coefficient (Wildman–Crippen LogP) is 0.154. The number of nitrogens with one attached hydrogen (secondary N) is 2. The van der Waals surface area contributed by atoms with Gasteiger partial charge in [-0.2, -0.15) is 5.10 Å². The van der Waals surface area contributed by atoms with Gasteiger partial charge in [0.25, 0.3) is 0 Å². The Morgan fingerprint density at radius 1 is 1.47 bits per heavy atom. The van der Waals surface area contributed by atoms with Gasteiger partial charge in [0.15, 0.2) is 0 Å². The molecule has 0 aromatic carbocycles. The van der Waals surface area contributed by atoms with Crippen molar-refractivity contribution >= 4 is 10.0 Å². The monoisotopic (exact) mass is 286 g/mol. The fourth-order valence-corrected chi connectivity index (χ4v) is 2.88. The van der Waals surface area contributed by atoms with Crippen LogP contribution in [0.25, 0.3) is 0 Å². The van der Waals surface area contributed by atoms with Gasteiger partial charge in [-0.3, -0.25) is 4.68 Å². The molecule has 0 bridgehead atoms. The second kappa shape index (κ2) is 6.02. The van der Waals surface area contributed by atoms with E-state index in [9.17, 15) is 8.42 Å². The third-order valence-corrected chi connectivity index (χ3v) is 4.52. The van der Waals surface area contributed by atoms with Crippen LogP contribution in [0.5, 0.6) is 0 Å². The Balaban J connectivity index is 1.81. The summed E-state index contributed by atoms with van der Waals surface area (Å²) < 4.78 is 28.0. The molecule has 6 nitrogen and oxygen atoms in total. The van der Waals surface area contributed by atoms with Crippen molar-refractivity contribution < 1.29 is 8.42 Å². The van der Waals surface area contributed by atoms with E-state index in [4.69, 9.17) is 0 Å². The van der Waals surface area contributed by atoms with E-state index in [1.165, 1.54) is 12.8 Å². The molecule has 0 aliphatic heterocycles. The molecule has 0 spiro atoms. The lowest BCUT2D eigenvalue weighted by atomic mass is 10.2. The highest BCUT2D eigenvalue weighted by Crippen LogP contribution is 2.18. The molecule has 0 saturated heterocycles. The quantitative estimate of drug-likeness (QED) is 0.713. The summed E-state index contributed by atoms with van der Waals surface area (Å²) >= 11 is 0. The fourth-order valence-electron chi connectivity index (χ4n) is 1.97. The van der Waals surface area contributed by atoms with E-state index in [0.29, 0.717) is 19.1 Å². The van der Waals surface area contributed by atoms with Crippen LogP contribution >= 0.6 is 0 Å². The van der Waals surface area contributed by atoms with Crippen LogP contribution in [0, 0.1) is 0 Å². The number of hydrogen-bond donors (Lipinski definition) is 2. The molecule has 1 aliphatic rings. The van der Waals surface area contributed by atoms with Crippen LogP contribution in [-0.4, -0.2) is 36.5 Å². The van der Waals surface area contributed by atoms with Crippen LogP contribution < -0.4 is 10.0 Å². The summed E-state index contributed by atoms with van der Waals surface area (Å²) in [5, 5.41) is 7.49. The molecule has 0 amide bonds. The van der Waals surface area contributed by atoms with E-state index < -0.39 is 10.0 Å². The largest absolute Gasteiger partial charge is 0.313 e. The maximum Gasteiger partial charge on any atom is 0.213 e. The van der Waals surface area contributed by atoms with Gasteiger partial charge in [-0.15, -0.1) is 0 Å². The number of sulfonamides is 1. The molecule has 2 rings (SSSR count). The Kier molecular flexibility index (Phi) is 4.59. The molecular formula is C12H22N4O2S. The Morgan fingerprint density at radius 2 is 2.21 bits per heavy atom. The van der Waals surface area contributed by atoms with E-state index in [-0.39, 0.29) is 5.75 Å². The zero-order valence-electron chi connectivity index (χ0n) is 11.5. The molecular weight excluding hydrogens is 264 g/mol. The van der Waals surface area contributed by atoms with Crippen molar-refractivity contribution in [2.24, 2.45) is 7.05 Å². The minimum atomic E-state index is -3.21. The molecule has 7 heteroatoms. The van der Waals surface area contributed by atoms with Gasteiger partial charge in [0.2, 0.25) is 10.0 Å². The summed E-state index contributed by atoms with van der Waals surface area (Å²) in [7, 11) is -1.37. The lowest BCUT2D eigenvalue weighted by molar-refractivity contribution is 0.576. The average molecular weight is 286 g/mol. The highest BCUT2D eigenvalue weighted by molar-refractivity contribution is 7.89. The number of aryl methyl sites for hydroxylation is 2. The van der Waals surface area contributed by atoms with E-state index in [2.05, 4.69) is 15.1 Å². The lowest BCUT2D eigenvalue weighted by Gasteiger charge is -2.07. The van der Waals surface area contributed by atoms with Crippen LogP contribution in [0.4, 0.5) is 0 Å². The van der Waals surface area contributed by atoms with Gasteiger partial charge < -0.3 is 5.32 Å². The fraction of sp³-hybridized carbons (Fsp3) is 0.750. The van der Waals surface area contributed by atoms with Gasteiger partial charge >= 0.3 is 0 Å². The first-order valence-electron chi connectivity index (χ1n) is 6.72. The van der Waals surface area contributed by atoms with Crippen LogP contribution in [0.15, 0.2) is 6.20 Å². The van der Waals surface area contributed by atoms with Crippen molar-refractivity contribution in [2.45, 2.75) is 38.8 Å². The third kappa shape index (κ3) is 4.59. The summed E-state index contributed by atoms with van der Waals surface area (Å²) in [5.41, 5.74) is 1.89. The van der Waals surface area contributed by atoms with Gasteiger partial charge in [-0.05, 0) is 19.3 Å². The Bertz CT molecular complexity index is 520. The third-order valence-electron chi connectivity index (χ3n) is 3.19. The molecule has 2 N–H and O–H groups in total. The Morgan fingerprint density at radius 3 is 2.84 bits per heavy atom. The number of hydrogen-bond acceptors (Lipinski definition) is 4. The van der Waals surface area contributed by atoms with E-state index in [1.807, 2.05) is 20.2 Å². The molecule has 0 unspecified atom stereocenters. The minimum Gasteiger partial charge on any atom is -0.313 e. The standard InChI is InChI=1S/C12H22N4O2S/c1-3-12-10(9-16(2)15-12)8-14-19(17,18)7-6-13-11-4-5-11/h9,11,13-14H,3-8H2,1-2H3. The van der Waals surface area contributed by atoms with Crippen LogP contribution in [0.3, 0.4) is 0 Å². The van der Waals surface area contributed by atoms with Crippen molar-refractivity contribution in [3.05, 3.63) is 17.5 Å². The van der Waals surface area contributed by atoms with Crippen molar-refractivity contribution in [3.8, 4) is 0 Å². The first-order valence-corrected chi connectivity index (χ1v) is 8.37. The zero-order valence-corrected chi connectivity index (χ0v) is 12.3. The van der Waals surface area contributed by atoms with Crippen LogP contribution in [0.1, 0.15) is 31.0 Å². The van der Waals surface area contributed by atoms with Crippen molar-refractivity contribution in [1.29, 1.82) is 0 Å². The second-order valence-electron chi connectivity index (χ2n) is 5.00. The second-order valence-corrected chi connectivity index (χ2v) is 6.92. The molecule has 0 atom stereocenters. The van der Waals surface area contributed by atoms with E-state index in [1.54, 1.807) is 4.68 Å². The highest BCUT2D eigenvalue weighted by Gasteiger charge is 2.21. The van der Waals surface area contributed by atoms with Crippen LogP contribution in [-0.2, 0) is 30.0 Å². The van der Waals surface area contributed by atoms with Gasteiger partial charge in [-0.25, -0.2) is 13.1 Å². The molecule has 1 aromatic rings. The molecule has 1 heterocycles. The number of rotatable bonds is 8. The van der Waals surface area contributed by atoms with Crippen molar-refractivity contribution in [3.63, 3.8) is 0 Å². The van der Waals surface area contributed by atoms with Gasteiger partial charge in [0.1, 0.15) is 0 Å². The van der Waals surface area contributed by atoms with E-state index >= 15 is 0 Å². The summed E-state index contributed by atoms with van der Waals surface area (Å²) in [6.45, 7) is 2.86. The van der Waals surface area contributed by atoms with Crippen molar-refractivity contribution in [1.82, 2.24) is 19.8 Å². The topological polar surface area (TPSA) is 76.0 Å². The minimum absolute atomic E-state index is 0.130. The molecule has 1 saturated carbocycles. The first-order chi connectivity index (χ1) is 9.00. The zero-order chi connectivity index (χ0) is 13.9. The lowest BCUT2D eigenvalue weighted by Crippen LogP contribution is -2.32. The smallest absolute Gasteiger partial charge is 0.213 e. The Hall–Kier alpha value is -0.920. The average Bonchev–Trinajstić information content (AvgIpc) is 3.09. The molecule has 1 aromatic heterocycles. The maximum atomic E-state index is 11.8.